The first-order valence-corrected chi connectivity index (χ1v) is 6.88. The fourth-order valence-corrected chi connectivity index (χ4v) is 2.58. The number of fused-ring (bicyclic) bond motifs is 1. The van der Waals surface area contributed by atoms with Gasteiger partial charge in [-0.1, -0.05) is 5.16 Å². The van der Waals surface area contributed by atoms with Crippen molar-refractivity contribution in [3.05, 3.63) is 35.6 Å². The topological polar surface area (TPSA) is 58.3 Å². The fraction of sp³-hybridized carbons (Fsp3) is 0.500. The predicted octanol–water partition coefficient (Wildman–Crippen LogP) is 1.62. The SMILES string of the molecule is Cc1cc(CCCN2Cc3nccnc3N(C)C2)on1. The minimum atomic E-state index is 0.864. The average molecular weight is 273 g/mol. The van der Waals surface area contributed by atoms with E-state index in [1.807, 2.05) is 13.0 Å². The maximum atomic E-state index is 5.23. The van der Waals surface area contributed by atoms with E-state index in [-0.39, 0.29) is 0 Å². The van der Waals surface area contributed by atoms with Crippen LogP contribution in [-0.4, -0.2) is 40.3 Å². The second-order valence-corrected chi connectivity index (χ2v) is 5.26. The Morgan fingerprint density at radius 3 is 2.95 bits per heavy atom. The molecule has 1 aliphatic heterocycles. The molecule has 3 heterocycles. The molecule has 0 bridgehead atoms. The van der Waals surface area contributed by atoms with Gasteiger partial charge < -0.3 is 9.42 Å². The first-order chi connectivity index (χ1) is 9.72. The molecule has 0 aromatic carbocycles. The first-order valence-electron chi connectivity index (χ1n) is 6.88. The van der Waals surface area contributed by atoms with Crippen LogP contribution in [0.1, 0.15) is 23.6 Å². The second-order valence-electron chi connectivity index (χ2n) is 5.26. The highest BCUT2D eigenvalue weighted by molar-refractivity contribution is 5.43. The number of hydrogen-bond acceptors (Lipinski definition) is 6. The van der Waals surface area contributed by atoms with Crippen molar-refractivity contribution in [3.63, 3.8) is 0 Å². The molecule has 0 amide bonds. The molecule has 0 atom stereocenters. The van der Waals surface area contributed by atoms with Crippen molar-refractivity contribution in [2.45, 2.75) is 26.3 Å². The van der Waals surface area contributed by atoms with Crippen molar-refractivity contribution >= 4 is 5.82 Å². The zero-order chi connectivity index (χ0) is 13.9. The van der Waals surface area contributed by atoms with Crippen LogP contribution < -0.4 is 4.90 Å². The lowest BCUT2D eigenvalue weighted by Crippen LogP contribution is -2.41. The van der Waals surface area contributed by atoms with Crippen LogP contribution in [0.3, 0.4) is 0 Å². The molecule has 0 radical (unpaired) electrons. The number of aromatic nitrogens is 3. The van der Waals surface area contributed by atoms with Crippen LogP contribution in [0.2, 0.25) is 0 Å². The van der Waals surface area contributed by atoms with E-state index < -0.39 is 0 Å². The highest BCUT2D eigenvalue weighted by Crippen LogP contribution is 2.21. The van der Waals surface area contributed by atoms with E-state index in [0.717, 1.165) is 55.6 Å². The third-order valence-electron chi connectivity index (χ3n) is 3.47. The lowest BCUT2D eigenvalue weighted by atomic mass is 10.2. The predicted molar refractivity (Wildman–Crippen MR) is 75.3 cm³/mol. The first kappa shape index (κ1) is 13.1. The van der Waals surface area contributed by atoms with Gasteiger partial charge in [0.15, 0.2) is 5.82 Å². The number of rotatable bonds is 4. The molecule has 2 aromatic rings. The van der Waals surface area contributed by atoms with Gasteiger partial charge in [-0.3, -0.25) is 9.88 Å². The van der Waals surface area contributed by atoms with Gasteiger partial charge in [0, 0.05) is 45.0 Å². The van der Waals surface area contributed by atoms with E-state index in [9.17, 15) is 0 Å². The normalized spacial score (nSPS) is 15.4. The highest BCUT2D eigenvalue weighted by atomic mass is 16.5. The van der Waals surface area contributed by atoms with E-state index in [1.165, 1.54) is 0 Å². The Labute approximate surface area is 118 Å². The summed E-state index contributed by atoms with van der Waals surface area (Å²) in [5.41, 5.74) is 2.00. The van der Waals surface area contributed by atoms with E-state index in [1.54, 1.807) is 12.4 Å². The Morgan fingerprint density at radius 1 is 1.30 bits per heavy atom. The Bertz CT molecular complexity index is 582. The second kappa shape index (κ2) is 5.58. The lowest BCUT2D eigenvalue weighted by molar-refractivity contribution is 0.245. The Kier molecular flexibility index (Phi) is 3.64. The standard InChI is InChI=1S/C14H19N5O/c1-11-8-12(20-17-11)4-3-7-19-9-13-14(18(2)10-19)16-6-5-15-13/h5-6,8H,3-4,7,9-10H2,1-2H3. The van der Waals surface area contributed by atoms with Gasteiger partial charge >= 0.3 is 0 Å². The maximum Gasteiger partial charge on any atom is 0.152 e. The van der Waals surface area contributed by atoms with Crippen LogP contribution in [0.4, 0.5) is 5.82 Å². The molecule has 0 N–H and O–H groups in total. The quantitative estimate of drug-likeness (QED) is 0.843. The van der Waals surface area contributed by atoms with Gasteiger partial charge in [0.25, 0.3) is 0 Å². The number of nitrogens with zero attached hydrogens (tertiary/aromatic N) is 5. The summed E-state index contributed by atoms with van der Waals surface area (Å²) in [6, 6.07) is 2.00. The van der Waals surface area contributed by atoms with Crippen LogP contribution in [0.5, 0.6) is 0 Å². The van der Waals surface area contributed by atoms with Crippen molar-refractivity contribution in [1.29, 1.82) is 0 Å². The molecular formula is C14H19N5O. The van der Waals surface area contributed by atoms with Crippen molar-refractivity contribution < 1.29 is 4.52 Å². The van der Waals surface area contributed by atoms with E-state index >= 15 is 0 Å². The largest absolute Gasteiger partial charge is 0.361 e. The maximum absolute atomic E-state index is 5.23. The average Bonchev–Trinajstić information content (AvgIpc) is 2.85. The van der Waals surface area contributed by atoms with Gasteiger partial charge in [0.05, 0.1) is 18.1 Å². The van der Waals surface area contributed by atoms with Crippen molar-refractivity contribution in [2.24, 2.45) is 0 Å². The fourth-order valence-electron chi connectivity index (χ4n) is 2.58. The van der Waals surface area contributed by atoms with Crippen LogP contribution >= 0.6 is 0 Å². The number of hydrogen-bond donors (Lipinski definition) is 0. The molecule has 0 saturated heterocycles. The van der Waals surface area contributed by atoms with E-state index in [0.29, 0.717) is 0 Å². The molecule has 3 rings (SSSR count). The summed E-state index contributed by atoms with van der Waals surface area (Å²) in [6.07, 6.45) is 5.48. The van der Waals surface area contributed by atoms with Gasteiger partial charge in [-0.25, -0.2) is 4.98 Å². The third-order valence-corrected chi connectivity index (χ3v) is 3.47. The van der Waals surface area contributed by atoms with Gasteiger partial charge in [-0.05, 0) is 13.3 Å². The minimum Gasteiger partial charge on any atom is -0.361 e. The van der Waals surface area contributed by atoms with Gasteiger partial charge in [0.1, 0.15) is 5.76 Å². The van der Waals surface area contributed by atoms with Crippen LogP contribution in [0.15, 0.2) is 23.0 Å². The van der Waals surface area contributed by atoms with Gasteiger partial charge in [-0.15, -0.1) is 0 Å². The Hall–Kier alpha value is -1.95. The third kappa shape index (κ3) is 2.80. The lowest BCUT2D eigenvalue weighted by Gasteiger charge is -2.34. The smallest absolute Gasteiger partial charge is 0.152 e. The van der Waals surface area contributed by atoms with Crippen molar-refractivity contribution in [2.75, 3.05) is 25.2 Å². The Balaban J connectivity index is 1.55. The summed E-state index contributed by atoms with van der Waals surface area (Å²) >= 11 is 0. The van der Waals surface area contributed by atoms with Crippen LogP contribution in [-0.2, 0) is 13.0 Å². The van der Waals surface area contributed by atoms with Gasteiger partial charge in [0.2, 0.25) is 0 Å². The molecule has 6 nitrogen and oxygen atoms in total. The van der Waals surface area contributed by atoms with Crippen molar-refractivity contribution in [1.82, 2.24) is 20.0 Å². The van der Waals surface area contributed by atoms with E-state index in [2.05, 4.69) is 32.0 Å². The molecule has 1 aliphatic rings. The van der Waals surface area contributed by atoms with Crippen LogP contribution in [0, 0.1) is 6.92 Å². The molecule has 0 spiro atoms. The molecule has 0 unspecified atom stereocenters. The summed E-state index contributed by atoms with van der Waals surface area (Å²) in [4.78, 5) is 13.3. The zero-order valence-electron chi connectivity index (χ0n) is 11.9. The number of aryl methyl sites for hydroxylation is 2. The summed E-state index contributed by atoms with van der Waals surface area (Å²) in [7, 11) is 2.06. The molecule has 0 aliphatic carbocycles. The molecular weight excluding hydrogens is 254 g/mol. The minimum absolute atomic E-state index is 0.864. The molecule has 20 heavy (non-hydrogen) atoms. The summed E-state index contributed by atoms with van der Waals surface area (Å²) < 4.78 is 5.23. The molecule has 6 heteroatoms. The molecule has 106 valence electrons. The Morgan fingerprint density at radius 2 is 2.15 bits per heavy atom. The molecule has 0 saturated carbocycles. The molecule has 0 fully saturated rings. The summed E-state index contributed by atoms with van der Waals surface area (Å²) in [5.74, 6) is 1.96. The highest BCUT2D eigenvalue weighted by Gasteiger charge is 2.21. The zero-order valence-corrected chi connectivity index (χ0v) is 11.9. The van der Waals surface area contributed by atoms with E-state index in [4.69, 9.17) is 4.52 Å². The monoisotopic (exact) mass is 273 g/mol. The summed E-state index contributed by atoms with van der Waals surface area (Å²) in [5, 5.41) is 3.91. The van der Waals surface area contributed by atoms with Gasteiger partial charge in [-0.2, -0.15) is 0 Å². The number of anilines is 1. The summed E-state index contributed by atoms with van der Waals surface area (Å²) in [6.45, 7) is 4.71. The molecule has 2 aromatic heterocycles. The van der Waals surface area contributed by atoms with Crippen molar-refractivity contribution in [3.8, 4) is 0 Å². The van der Waals surface area contributed by atoms with Crippen LogP contribution in [0.25, 0.3) is 0 Å².